The Morgan fingerprint density at radius 1 is 1.50 bits per heavy atom. The molecule has 1 saturated carbocycles. The first-order valence-electron chi connectivity index (χ1n) is 5.09. The molecule has 0 saturated heterocycles. The summed E-state index contributed by atoms with van der Waals surface area (Å²) < 4.78 is 0. The van der Waals surface area contributed by atoms with Crippen LogP contribution in [0.5, 0.6) is 0 Å². The number of nitrogens with zero attached hydrogens (tertiary/aromatic N) is 1. The Bertz CT molecular complexity index is 301. The lowest BCUT2D eigenvalue weighted by Gasteiger charge is -2.23. The van der Waals surface area contributed by atoms with Crippen LogP contribution in [0.3, 0.4) is 0 Å². The van der Waals surface area contributed by atoms with E-state index in [1.807, 2.05) is 29.5 Å². The first-order chi connectivity index (χ1) is 6.79. The average Bonchev–Trinajstić information content (AvgIpc) is 2.87. The van der Waals surface area contributed by atoms with Crippen molar-refractivity contribution >= 4 is 17.2 Å². The van der Waals surface area contributed by atoms with E-state index in [1.165, 1.54) is 37.0 Å². The number of rotatable bonds is 2. The van der Waals surface area contributed by atoms with Gasteiger partial charge in [0.05, 0.1) is 4.88 Å². The molecule has 0 radical (unpaired) electrons. The van der Waals surface area contributed by atoms with Crippen molar-refractivity contribution in [1.29, 1.82) is 0 Å². The average molecular weight is 209 g/mol. The summed E-state index contributed by atoms with van der Waals surface area (Å²) in [5, 5.41) is 1.95. The Labute approximate surface area is 88.5 Å². The van der Waals surface area contributed by atoms with Crippen LogP contribution >= 0.6 is 11.3 Å². The minimum absolute atomic E-state index is 0.187. The molecule has 1 heterocycles. The second kappa shape index (κ2) is 4.13. The lowest BCUT2D eigenvalue weighted by Crippen LogP contribution is -2.34. The third-order valence-corrected chi connectivity index (χ3v) is 3.78. The summed E-state index contributed by atoms with van der Waals surface area (Å²) in [6.07, 6.45) is 4.89. The van der Waals surface area contributed by atoms with Gasteiger partial charge in [-0.05, 0) is 24.3 Å². The van der Waals surface area contributed by atoms with Crippen molar-refractivity contribution in [2.75, 3.05) is 7.05 Å². The molecule has 0 spiro atoms. The smallest absolute Gasteiger partial charge is 0.263 e. The lowest BCUT2D eigenvalue weighted by molar-refractivity contribution is 0.0740. The zero-order chi connectivity index (χ0) is 9.97. The summed E-state index contributed by atoms with van der Waals surface area (Å²) in [6.45, 7) is 0. The quantitative estimate of drug-likeness (QED) is 0.733. The molecule has 0 aromatic carbocycles. The van der Waals surface area contributed by atoms with Gasteiger partial charge >= 0.3 is 0 Å². The van der Waals surface area contributed by atoms with Crippen molar-refractivity contribution in [2.45, 2.75) is 31.7 Å². The van der Waals surface area contributed by atoms with E-state index in [0.717, 1.165) is 4.88 Å². The summed E-state index contributed by atoms with van der Waals surface area (Å²) in [5.74, 6) is 0.187. The summed E-state index contributed by atoms with van der Waals surface area (Å²) in [4.78, 5) is 14.7. The number of amides is 1. The highest BCUT2D eigenvalue weighted by molar-refractivity contribution is 7.12. The zero-order valence-electron chi connectivity index (χ0n) is 8.40. The molecule has 2 nitrogen and oxygen atoms in total. The molecule has 1 amide bonds. The van der Waals surface area contributed by atoms with Gasteiger partial charge in [-0.25, -0.2) is 0 Å². The fraction of sp³-hybridized carbons (Fsp3) is 0.545. The summed E-state index contributed by atoms with van der Waals surface area (Å²) in [7, 11) is 1.93. The van der Waals surface area contributed by atoms with E-state index in [0.29, 0.717) is 6.04 Å². The molecule has 0 bridgehead atoms. The first-order valence-corrected chi connectivity index (χ1v) is 5.97. The molecule has 0 unspecified atom stereocenters. The van der Waals surface area contributed by atoms with E-state index in [1.54, 1.807) is 0 Å². The van der Waals surface area contributed by atoms with Gasteiger partial charge in [-0.15, -0.1) is 11.3 Å². The first kappa shape index (κ1) is 9.71. The SMILES string of the molecule is CN(C(=O)c1cccs1)C1CCCC1. The molecular formula is C11H15NOS. The van der Waals surface area contributed by atoms with Crippen LogP contribution in [0.1, 0.15) is 35.4 Å². The largest absolute Gasteiger partial charge is 0.338 e. The van der Waals surface area contributed by atoms with Crippen LogP contribution in [-0.2, 0) is 0 Å². The van der Waals surface area contributed by atoms with E-state index < -0.39 is 0 Å². The molecule has 14 heavy (non-hydrogen) atoms. The molecule has 1 aliphatic carbocycles. The van der Waals surface area contributed by atoms with Crippen molar-refractivity contribution in [2.24, 2.45) is 0 Å². The van der Waals surface area contributed by atoms with E-state index in [4.69, 9.17) is 0 Å². The van der Waals surface area contributed by atoms with Crippen molar-refractivity contribution < 1.29 is 4.79 Å². The number of hydrogen-bond donors (Lipinski definition) is 0. The number of carbonyl (C=O) groups excluding carboxylic acids is 1. The van der Waals surface area contributed by atoms with Crippen LogP contribution in [0.15, 0.2) is 17.5 Å². The molecule has 1 aromatic heterocycles. The summed E-state index contributed by atoms with van der Waals surface area (Å²) >= 11 is 1.53. The van der Waals surface area contributed by atoms with Gasteiger partial charge in [0.1, 0.15) is 0 Å². The fourth-order valence-electron chi connectivity index (χ4n) is 2.03. The predicted octanol–water partition coefficient (Wildman–Crippen LogP) is 2.76. The van der Waals surface area contributed by atoms with Gasteiger partial charge in [0.2, 0.25) is 0 Å². The summed E-state index contributed by atoms with van der Waals surface area (Å²) in [5.41, 5.74) is 0. The predicted molar refractivity (Wildman–Crippen MR) is 58.7 cm³/mol. The van der Waals surface area contributed by atoms with Gasteiger partial charge in [-0.3, -0.25) is 4.79 Å². The van der Waals surface area contributed by atoms with Gasteiger partial charge in [0.15, 0.2) is 0 Å². The number of carbonyl (C=O) groups is 1. The van der Waals surface area contributed by atoms with Crippen LogP contribution in [0.25, 0.3) is 0 Å². The van der Waals surface area contributed by atoms with Crippen LogP contribution in [0.2, 0.25) is 0 Å². The Balaban J connectivity index is 2.04. The molecule has 0 atom stereocenters. The third kappa shape index (κ3) is 1.82. The maximum absolute atomic E-state index is 11.9. The van der Waals surface area contributed by atoms with Crippen LogP contribution in [0.4, 0.5) is 0 Å². The normalized spacial score (nSPS) is 17.2. The topological polar surface area (TPSA) is 20.3 Å². The second-order valence-corrected chi connectivity index (χ2v) is 4.78. The lowest BCUT2D eigenvalue weighted by atomic mass is 10.2. The molecule has 2 rings (SSSR count). The molecule has 1 fully saturated rings. The second-order valence-electron chi connectivity index (χ2n) is 3.83. The van der Waals surface area contributed by atoms with E-state index >= 15 is 0 Å². The minimum atomic E-state index is 0.187. The zero-order valence-corrected chi connectivity index (χ0v) is 9.22. The highest BCUT2D eigenvalue weighted by Gasteiger charge is 2.24. The van der Waals surface area contributed by atoms with E-state index in [2.05, 4.69) is 0 Å². The van der Waals surface area contributed by atoms with Gasteiger partial charge in [0.25, 0.3) is 5.91 Å². The monoisotopic (exact) mass is 209 g/mol. The molecule has 3 heteroatoms. The Hall–Kier alpha value is -0.830. The van der Waals surface area contributed by atoms with Gasteiger partial charge < -0.3 is 4.90 Å². The Morgan fingerprint density at radius 3 is 2.79 bits per heavy atom. The maximum atomic E-state index is 11.9. The van der Waals surface area contributed by atoms with Crippen molar-refractivity contribution in [3.63, 3.8) is 0 Å². The number of hydrogen-bond acceptors (Lipinski definition) is 2. The van der Waals surface area contributed by atoms with Gasteiger partial charge in [0, 0.05) is 13.1 Å². The van der Waals surface area contributed by atoms with Crippen LogP contribution in [-0.4, -0.2) is 23.9 Å². The maximum Gasteiger partial charge on any atom is 0.263 e. The highest BCUT2D eigenvalue weighted by Crippen LogP contribution is 2.24. The van der Waals surface area contributed by atoms with Crippen molar-refractivity contribution in [3.05, 3.63) is 22.4 Å². The van der Waals surface area contributed by atoms with Gasteiger partial charge in [-0.2, -0.15) is 0 Å². The number of thiophene rings is 1. The molecular weight excluding hydrogens is 194 g/mol. The molecule has 1 aromatic rings. The highest BCUT2D eigenvalue weighted by atomic mass is 32.1. The fourth-order valence-corrected chi connectivity index (χ4v) is 2.74. The molecule has 0 N–H and O–H groups in total. The van der Waals surface area contributed by atoms with Crippen LogP contribution in [0, 0.1) is 0 Å². The molecule has 0 aliphatic heterocycles. The Kier molecular flexibility index (Phi) is 2.87. The van der Waals surface area contributed by atoms with E-state index in [9.17, 15) is 4.79 Å². The third-order valence-electron chi connectivity index (χ3n) is 2.92. The van der Waals surface area contributed by atoms with Gasteiger partial charge in [-0.1, -0.05) is 18.9 Å². The molecule has 1 aliphatic rings. The molecule has 76 valence electrons. The Morgan fingerprint density at radius 2 is 2.21 bits per heavy atom. The van der Waals surface area contributed by atoms with Crippen molar-refractivity contribution in [1.82, 2.24) is 4.90 Å². The van der Waals surface area contributed by atoms with Crippen molar-refractivity contribution in [3.8, 4) is 0 Å². The summed E-state index contributed by atoms with van der Waals surface area (Å²) in [6, 6.07) is 4.31. The standard InChI is InChI=1S/C11H15NOS/c1-12(9-5-2-3-6-9)11(13)10-7-4-8-14-10/h4,7-9H,2-3,5-6H2,1H3. The minimum Gasteiger partial charge on any atom is -0.338 e. The van der Waals surface area contributed by atoms with Crippen LogP contribution < -0.4 is 0 Å². The van der Waals surface area contributed by atoms with E-state index in [-0.39, 0.29) is 5.91 Å².